The third-order valence-corrected chi connectivity index (χ3v) is 7.66. The highest BCUT2D eigenvalue weighted by atomic mass is 79.9. The summed E-state index contributed by atoms with van der Waals surface area (Å²) in [5, 5.41) is 0. The lowest BCUT2D eigenvalue weighted by atomic mass is 9.77. The van der Waals surface area contributed by atoms with Crippen LogP contribution in [0, 0.1) is 0 Å². The van der Waals surface area contributed by atoms with E-state index in [0.29, 0.717) is 16.6 Å². The third-order valence-electron chi connectivity index (χ3n) is 5.67. The van der Waals surface area contributed by atoms with Crippen molar-refractivity contribution in [1.29, 1.82) is 0 Å². The highest BCUT2D eigenvalue weighted by Crippen LogP contribution is 2.46. The summed E-state index contributed by atoms with van der Waals surface area (Å²) in [7, 11) is -2.31. The minimum absolute atomic E-state index is 0.131. The molecule has 0 amide bonds. The van der Waals surface area contributed by atoms with E-state index in [-0.39, 0.29) is 16.5 Å². The zero-order valence-corrected chi connectivity index (χ0v) is 18.2. The summed E-state index contributed by atoms with van der Waals surface area (Å²) < 4.78 is 41.8. The Kier molecular flexibility index (Phi) is 5.42. The van der Waals surface area contributed by atoms with Crippen molar-refractivity contribution in [2.75, 3.05) is 7.11 Å². The molecule has 1 atom stereocenters. The Labute approximate surface area is 174 Å². The van der Waals surface area contributed by atoms with Crippen molar-refractivity contribution in [2.45, 2.75) is 55.1 Å². The summed E-state index contributed by atoms with van der Waals surface area (Å²) in [5.74, 6) is 1.10. The number of benzene rings is 2. The lowest BCUT2D eigenvalue weighted by Gasteiger charge is -2.44. The van der Waals surface area contributed by atoms with Crippen LogP contribution in [0.5, 0.6) is 11.5 Å². The van der Waals surface area contributed by atoms with Gasteiger partial charge in [0, 0.05) is 16.5 Å². The van der Waals surface area contributed by atoms with Gasteiger partial charge in [0.25, 0.3) is 0 Å². The first-order valence-corrected chi connectivity index (χ1v) is 11.8. The fourth-order valence-electron chi connectivity index (χ4n) is 4.34. The summed E-state index contributed by atoms with van der Waals surface area (Å²) in [5.41, 5.74) is 0.595. The average molecular weight is 466 g/mol. The average Bonchev–Trinajstić information content (AvgIpc) is 2.68. The molecular formula is C21H24BrNO4S. The maximum atomic E-state index is 13.3. The van der Waals surface area contributed by atoms with E-state index in [9.17, 15) is 8.42 Å². The largest absolute Gasteiger partial charge is 0.495 e. The topological polar surface area (TPSA) is 64.6 Å². The van der Waals surface area contributed by atoms with Crippen LogP contribution in [0.1, 0.15) is 50.1 Å². The Morgan fingerprint density at radius 3 is 2.64 bits per heavy atom. The maximum Gasteiger partial charge on any atom is 0.244 e. The number of hydrogen-bond acceptors (Lipinski definition) is 4. The molecule has 0 aromatic heterocycles. The molecule has 1 spiro atoms. The number of halogens is 1. The van der Waals surface area contributed by atoms with Crippen molar-refractivity contribution in [1.82, 2.24) is 4.72 Å². The van der Waals surface area contributed by atoms with Crippen LogP contribution in [0.2, 0.25) is 0 Å². The first kappa shape index (κ1) is 19.7. The summed E-state index contributed by atoms with van der Waals surface area (Å²) >= 11 is 3.36. The second-order valence-electron chi connectivity index (χ2n) is 7.56. The Morgan fingerprint density at radius 2 is 1.89 bits per heavy atom. The van der Waals surface area contributed by atoms with Crippen molar-refractivity contribution in [3.63, 3.8) is 0 Å². The molecule has 1 aliphatic carbocycles. The quantitative estimate of drug-likeness (QED) is 0.692. The highest BCUT2D eigenvalue weighted by molar-refractivity contribution is 9.10. The van der Waals surface area contributed by atoms with Crippen molar-refractivity contribution >= 4 is 26.0 Å². The molecule has 1 heterocycles. The van der Waals surface area contributed by atoms with E-state index in [4.69, 9.17) is 9.47 Å². The molecule has 2 aromatic carbocycles. The lowest BCUT2D eigenvalue weighted by molar-refractivity contribution is 0.0000737. The number of fused-ring (bicyclic) bond motifs is 1. The first-order chi connectivity index (χ1) is 13.4. The molecule has 1 saturated carbocycles. The molecule has 2 aliphatic rings. The van der Waals surface area contributed by atoms with Gasteiger partial charge in [-0.2, -0.15) is 0 Å². The number of methoxy groups -OCH3 is 1. The van der Waals surface area contributed by atoms with Gasteiger partial charge in [-0.1, -0.05) is 40.5 Å². The zero-order chi connectivity index (χ0) is 19.8. The molecule has 0 saturated heterocycles. The van der Waals surface area contributed by atoms with Crippen LogP contribution < -0.4 is 14.2 Å². The standard InChI is InChI=1S/C21H24BrNO4S/c1-26-19-10-9-15(22)13-20(19)28(24,25)23-17-14-21(11-5-2-6-12-21)27-18-8-4-3-7-16(17)18/h3-4,7-10,13,17,23H,2,5-6,11-12,14H2,1H3/t17-/m1/s1. The van der Waals surface area contributed by atoms with Crippen molar-refractivity contribution in [2.24, 2.45) is 0 Å². The fourth-order valence-corrected chi connectivity index (χ4v) is 6.26. The molecule has 28 heavy (non-hydrogen) atoms. The van der Waals surface area contributed by atoms with Crippen LogP contribution in [0.3, 0.4) is 0 Å². The number of rotatable bonds is 4. The summed E-state index contributed by atoms with van der Waals surface area (Å²) in [6, 6.07) is 12.4. The van der Waals surface area contributed by atoms with Gasteiger partial charge < -0.3 is 9.47 Å². The van der Waals surface area contributed by atoms with E-state index in [1.807, 2.05) is 24.3 Å². The summed E-state index contributed by atoms with van der Waals surface area (Å²) in [6.07, 6.45) is 5.99. The van der Waals surface area contributed by atoms with E-state index in [1.165, 1.54) is 13.5 Å². The maximum absolute atomic E-state index is 13.3. The van der Waals surface area contributed by atoms with Crippen LogP contribution in [-0.2, 0) is 10.0 Å². The lowest BCUT2D eigenvalue weighted by Crippen LogP contribution is -2.46. The first-order valence-electron chi connectivity index (χ1n) is 9.56. The number of sulfonamides is 1. The minimum Gasteiger partial charge on any atom is -0.495 e. The molecule has 0 unspecified atom stereocenters. The Hall–Kier alpha value is -1.57. The van der Waals surface area contributed by atoms with Crippen LogP contribution in [0.4, 0.5) is 0 Å². The molecule has 2 aromatic rings. The second-order valence-corrected chi connectivity index (χ2v) is 10.2. The number of ether oxygens (including phenoxy) is 2. The SMILES string of the molecule is COc1ccc(Br)cc1S(=O)(=O)N[C@@H]1CC2(CCCCC2)Oc2ccccc21. The van der Waals surface area contributed by atoms with Gasteiger partial charge >= 0.3 is 0 Å². The molecule has 4 rings (SSSR count). The van der Waals surface area contributed by atoms with Gasteiger partial charge in [0.05, 0.1) is 13.2 Å². The summed E-state index contributed by atoms with van der Waals surface area (Å²) in [4.78, 5) is 0.131. The number of para-hydroxylation sites is 1. The smallest absolute Gasteiger partial charge is 0.244 e. The molecule has 5 nitrogen and oxygen atoms in total. The van der Waals surface area contributed by atoms with Gasteiger partial charge in [-0.3, -0.25) is 0 Å². The van der Waals surface area contributed by atoms with Crippen LogP contribution in [0.15, 0.2) is 51.8 Å². The molecule has 0 bridgehead atoms. The molecule has 7 heteroatoms. The Morgan fingerprint density at radius 1 is 1.14 bits per heavy atom. The monoisotopic (exact) mass is 465 g/mol. The predicted octanol–water partition coefficient (Wildman–Crippen LogP) is 4.96. The van der Waals surface area contributed by atoms with E-state index in [2.05, 4.69) is 20.7 Å². The van der Waals surface area contributed by atoms with Crippen molar-refractivity contribution < 1.29 is 17.9 Å². The molecule has 1 aliphatic heterocycles. The van der Waals surface area contributed by atoms with Gasteiger partial charge in [0.15, 0.2) is 0 Å². The van der Waals surface area contributed by atoms with E-state index < -0.39 is 10.0 Å². The molecule has 1 N–H and O–H groups in total. The number of nitrogens with one attached hydrogen (secondary N) is 1. The zero-order valence-electron chi connectivity index (χ0n) is 15.8. The minimum atomic E-state index is -3.78. The van der Waals surface area contributed by atoms with Gasteiger partial charge in [0.2, 0.25) is 10.0 Å². The van der Waals surface area contributed by atoms with Gasteiger partial charge in [-0.25, -0.2) is 13.1 Å². The van der Waals surface area contributed by atoms with Gasteiger partial charge in [-0.05, 0) is 49.9 Å². The van der Waals surface area contributed by atoms with Crippen LogP contribution in [-0.4, -0.2) is 21.1 Å². The van der Waals surface area contributed by atoms with Crippen LogP contribution >= 0.6 is 15.9 Å². The summed E-state index contributed by atoms with van der Waals surface area (Å²) in [6.45, 7) is 0. The normalized spacial score (nSPS) is 21.0. The fraction of sp³-hybridized carbons (Fsp3) is 0.429. The van der Waals surface area contributed by atoms with Gasteiger partial charge in [0.1, 0.15) is 22.0 Å². The highest BCUT2D eigenvalue weighted by Gasteiger charge is 2.43. The number of hydrogen-bond donors (Lipinski definition) is 1. The Balaban J connectivity index is 1.71. The molecule has 150 valence electrons. The molecular weight excluding hydrogens is 442 g/mol. The van der Waals surface area contributed by atoms with E-state index >= 15 is 0 Å². The van der Waals surface area contributed by atoms with Crippen molar-refractivity contribution in [3.05, 3.63) is 52.5 Å². The predicted molar refractivity (Wildman–Crippen MR) is 111 cm³/mol. The molecule has 1 fully saturated rings. The van der Waals surface area contributed by atoms with Crippen LogP contribution in [0.25, 0.3) is 0 Å². The van der Waals surface area contributed by atoms with E-state index in [0.717, 1.165) is 37.0 Å². The van der Waals surface area contributed by atoms with Crippen molar-refractivity contribution in [3.8, 4) is 11.5 Å². The Bertz CT molecular complexity index is 970. The van der Waals surface area contributed by atoms with Gasteiger partial charge in [-0.15, -0.1) is 0 Å². The second kappa shape index (κ2) is 7.69. The third kappa shape index (κ3) is 3.80. The van der Waals surface area contributed by atoms with E-state index in [1.54, 1.807) is 18.2 Å². The molecule has 0 radical (unpaired) electrons.